The Kier molecular flexibility index (Phi) is 7.83. The Labute approximate surface area is 223 Å². The molecule has 10 heteroatoms. The molecule has 1 atom stereocenters. The van der Waals surface area contributed by atoms with E-state index in [0.29, 0.717) is 49.8 Å². The van der Waals surface area contributed by atoms with Gasteiger partial charge in [0, 0.05) is 50.1 Å². The number of piperidine rings is 2. The van der Waals surface area contributed by atoms with Crippen molar-refractivity contribution in [2.24, 2.45) is 5.41 Å². The number of ether oxygens (including phenoxy) is 3. The van der Waals surface area contributed by atoms with Crippen LogP contribution in [0.15, 0.2) is 47.4 Å². The van der Waals surface area contributed by atoms with Crippen molar-refractivity contribution < 1.29 is 27.4 Å². The zero-order chi connectivity index (χ0) is 25.9. The van der Waals surface area contributed by atoms with Crippen molar-refractivity contribution in [3.05, 3.63) is 47.5 Å². The second-order valence-electron chi connectivity index (χ2n) is 10.1. The van der Waals surface area contributed by atoms with E-state index in [0.717, 1.165) is 32.4 Å². The Morgan fingerprint density at radius 3 is 2.41 bits per heavy atom. The molecule has 0 aromatic heterocycles. The summed E-state index contributed by atoms with van der Waals surface area (Å²) in [6.45, 7) is 3.00. The number of rotatable bonds is 7. The summed E-state index contributed by atoms with van der Waals surface area (Å²) < 4.78 is 46.5. The number of nitrogens with zero attached hydrogens (tertiary/aromatic N) is 2. The molecule has 0 aliphatic carbocycles. The van der Waals surface area contributed by atoms with Gasteiger partial charge < -0.3 is 19.1 Å². The third-order valence-corrected chi connectivity index (χ3v) is 9.67. The predicted octanol–water partition coefficient (Wildman–Crippen LogP) is 4.36. The normalized spacial score (nSPS) is 22.5. The Morgan fingerprint density at radius 1 is 0.973 bits per heavy atom. The van der Waals surface area contributed by atoms with Crippen LogP contribution in [0.25, 0.3) is 0 Å². The molecule has 0 unspecified atom stereocenters. The van der Waals surface area contributed by atoms with Crippen molar-refractivity contribution in [1.82, 2.24) is 9.21 Å². The van der Waals surface area contributed by atoms with Crippen LogP contribution in [0, 0.1) is 5.41 Å². The highest BCUT2D eigenvalue weighted by molar-refractivity contribution is 7.89. The highest BCUT2D eigenvalue weighted by Crippen LogP contribution is 2.41. The molecule has 0 bridgehead atoms. The third kappa shape index (κ3) is 5.84. The van der Waals surface area contributed by atoms with Crippen molar-refractivity contribution in [1.29, 1.82) is 0 Å². The zero-order valence-corrected chi connectivity index (χ0v) is 22.4. The van der Waals surface area contributed by atoms with Crippen molar-refractivity contribution in [2.75, 3.05) is 46.0 Å². The van der Waals surface area contributed by atoms with Gasteiger partial charge in [-0.15, -0.1) is 0 Å². The molecule has 3 aliphatic heterocycles. The fraction of sp³-hybridized carbons (Fsp3) is 0.519. The predicted molar refractivity (Wildman–Crippen MR) is 140 cm³/mol. The first-order chi connectivity index (χ1) is 17.9. The topological polar surface area (TPSA) is 85.4 Å². The lowest BCUT2D eigenvalue weighted by molar-refractivity contribution is -0.136. The molecule has 8 nitrogen and oxygen atoms in total. The Bertz CT molecular complexity index is 1220. The van der Waals surface area contributed by atoms with E-state index in [2.05, 4.69) is 0 Å². The van der Waals surface area contributed by atoms with E-state index < -0.39 is 15.4 Å². The van der Waals surface area contributed by atoms with Crippen LogP contribution in [0.1, 0.15) is 38.5 Å². The maximum atomic E-state index is 13.9. The van der Waals surface area contributed by atoms with Crippen LogP contribution in [0.5, 0.6) is 17.2 Å². The number of fused-ring (bicyclic) bond motifs is 1. The van der Waals surface area contributed by atoms with Gasteiger partial charge in [-0.1, -0.05) is 29.8 Å². The third-order valence-electron chi connectivity index (χ3n) is 7.36. The minimum atomic E-state index is -3.96. The molecule has 37 heavy (non-hydrogen) atoms. The molecule has 2 saturated heterocycles. The zero-order valence-electron chi connectivity index (χ0n) is 20.9. The SMILES string of the molecule is O=C(C[C@@]1(COc2ccccc2)CCCN(S(=O)(=O)c2cc3c(cc2Cl)OCCO3)C1)N1CCCCC1. The number of para-hydroxylation sites is 1. The first-order valence-electron chi connectivity index (χ1n) is 12.9. The van der Waals surface area contributed by atoms with Crippen molar-refractivity contribution >= 4 is 27.5 Å². The molecule has 3 heterocycles. The van der Waals surface area contributed by atoms with E-state index in [9.17, 15) is 13.2 Å². The lowest BCUT2D eigenvalue weighted by Gasteiger charge is -2.42. The van der Waals surface area contributed by atoms with Crippen LogP contribution < -0.4 is 14.2 Å². The molecule has 1 amide bonds. The Balaban J connectivity index is 1.41. The second-order valence-corrected chi connectivity index (χ2v) is 12.4. The average molecular weight is 549 g/mol. The summed E-state index contributed by atoms with van der Waals surface area (Å²) in [7, 11) is -3.96. The van der Waals surface area contributed by atoms with Gasteiger partial charge in [-0.05, 0) is 44.2 Å². The molecule has 0 N–H and O–H groups in total. The largest absolute Gasteiger partial charge is 0.493 e. The van der Waals surface area contributed by atoms with Gasteiger partial charge in [-0.25, -0.2) is 8.42 Å². The Hall–Kier alpha value is -2.49. The fourth-order valence-corrected chi connectivity index (χ4v) is 7.49. The molecule has 0 saturated carbocycles. The van der Waals surface area contributed by atoms with Gasteiger partial charge in [0.25, 0.3) is 0 Å². The molecule has 3 aliphatic rings. The summed E-state index contributed by atoms with van der Waals surface area (Å²) in [4.78, 5) is 15.3. The molecular weight excluding hydrogens is 516 g/mol. The van der Waals surface area contributed by atoms with Crippen LogP contribution in [-0.4, -0.2) is 69.5 Å². The minimum absolute atomic E-state index is 0.0134. The fourth-order valence-electron chi connectivity index (χ4n) is 5.39. The summed E-state index contributed by atoms with van der Waals surface area (Å²) in [5.41, 5.74) is -0.657. The molecule has 2 aromatic rings. The maximum absolute atomic E-state index is 13.9. The van der Waals surface area contributed by atoms with Gasteiger partial charge in [-0.2, -0.15) is 4.31 Å². The van der Waals surface area contributed by atoms with E-state index in [1.807, 2.05) is 35.2 Å². The van der Waals surface area contributed by atoms with E-state index in [1.165, 1.54) is 16.4 Å². The van der Waals surface area contributed by atoms with Crippen LogP contribution >= 0.6 is 11.6 Å². The van der Waals surface area contributed by atoms with Gasteiger partial charge in [0.15, 0.2) is 11.5 Å². The summed E-state index contributed by atoms with van der Waals surface area (Å²) in [6.07, 6.45) is 4.69. The van der Waals surface area contributed by atoms with E-state index in [-0.39, 0.29) is 35.4 Å². The van der Waals surface area contributed by atoms with Gasteiger partial charge in [-0.3, -0.25) is 4.79 Å². The quantitative estimate of drug-likeness (QED) is 0.511. The highest BCUT2D eigenvalue weighted by Gasteiger charge is 2.44. The number of benzene rings is 2. The van der Waals surface area contributed by atoms with E-state index in [1.54, 1.807) is 0 Å². The number of hydrogen-bond donors (Lipinski definition) is 0. The standard InChI is InChI=1S/C27H33ClN2O6S/c28-22-16-23-24(35-15-14-34-23)17-25(22)37(32,33)30-13-7-10-27(19-30,20-36-21-8-3-1-4-9-21)18-26(31)29-11-5-2-6-12-29/h1,3-4,8-9,16-17H,2,5-7,10-15,18-20H2/t27-/m0/s1. The summed E-state index contributed by atoms with van der Waals surface area (Å²) in [5.74, 6) is 1.56. The summed E-state index contributed by atoms with van der Waals surface area (Å²) in [6, 6.07) is 12.4. The van der Waals surface area contributed by atoms with Crippen molar-refractivity contribution in [3.8, 4) is 17.2 Å². The number of likely N-dealkylation sites (tertiary alicyclic amines) is 1. The molecule has 5 rings (SSSR count). The molecule has 0 radical (unpaired) electrons. The van der Waals surface area contributed by atoms with Crippen LogP contribution in [0.4, 0.5) is 0 Å². The minimum Gasteiger partial charge on any atom is -0.493 e. The first kappa shape index (κ1) is 26.1. The van der Waals surface area contributed by atoms with Crippen LogP contribution in [-0.2, 0) is 14.8 Å². The lowest BCUT2D eigenvalue weighted by Crippen LogP contribution is -2.51. The average Bonchev–Trinajstić information content (AvgIpc) is 2.92. The monoisotopic (exact) mass is 548 g/mol. The number of carbonyl (C=O) groups is 1. The number of amides is 1. The van der Waals surface area contributed by atoms with Crippen LogP contribution in [0.2, 0.25) is 5.02 Å². The lowest BCUT2D eigenvalue weighted by atomic mass is 9.78. The Morgan fingerprint density at radius 2 is 1.68 bits per heavy atom. The summed E-state index contributed by atoms with van der Waals surface area (Å²) in [5, 5.41) is 0.0883. The number of sulfonamides is 1. The molecule has 0 spiro atoms. The van der Waals surface area contributed by atoms with Gasteiger partial charge >= 0.3 is 0 Å². The molecule has 2 fully saturated rings. The van der Waals surface area contributed by atoms with Crippen LogP contribution in [0.3, 0.4) is 0 Å². The summed E-state index contributed by atoms with van der Waals surface area (Å²) >= 11 is 6.44. The number of halogens is 1. The molecule has 200 valence electrons. The second kappa shape index (κ2) is 11.1. The first-order valence-corrected chi connectivity index (χ1v) is 14.7. The van der Waals surface area contributed by atoms with Crippen molar-refractivity contribution in [3.63, 3.8) is 0 Å². The number of carbonyl (C=O) groups excluding carboxylic acids is 1. The smallest absolute Gasteiger partial charge is 0.244 e. The van der Waals surface area contributed by atoms with Gasteiger partial charge in [0.2, 0.25) is 15.9 Å². The highest BCUT2D eigenvalue weighted by atomic mass is 35.5. The van der Waals surface area contributed by atoms with E-state index >= 15 is 0 Å². The van der Waals surface area contributed by atoms with Gasteiger partial charge in [0.1, 0.15) is 23.9 Å². The van der Waals surface area contributed by atoms with E-state index in [4.69, 9.17) is 25.8 Å². The number of hydrogen-bond acceptors (Lipinski definition) is 6. The van der Waals surface area contributed by atoms with Gasteiger partial charge in [0.05, 0.1) is 11.6 Å². The maximum Gasteiger partial charge on any atom is 0.244 e. The van der Waals surface area contributed by atoms with Crippen molar-refractivity contribution in [2.45, 2.75) is 43.4 Å². The molecule has 2 aromatic carbocycles. The molecular formula is C27H33ClN2O6S.